The van der Waals surface area contributed by atoms with E-state index in [4.69, 9.17) is 14.2 Å². The molecule has 0 spiro atoms. The third kappa shape index (κ3) is 4.32. The van der Waals surface area contributed by atoms with Gasteiger partial charge >= 0.3 is 17.9 Å². The lowest BCUT2D eigenvalue weighted by molar-refractivity contribution is -0.177. The van der Waals surface area contributed by atoms with Gasteiger partial charge in [-0.25, -0.2) is 14.4 Å². The van der Waals surface area contributed by atoms with E-state index >= 15 is 0 Å². The molecule has 0 radical (unpaired) electrons. The largest absolute Gasteiger partial charge is 0.466 e. The number of hydrogen-bond donors (Lipinski definition) is 1. The van der Waals surface area contributed by atoms with E-state index in [1.165, 1.54) is 7.11 Å². The summed E-state index contributed by atoms with van der Waals surface area (Å²) in [6, 6.07) is 16.7. The fourth-order valence-corrected chi connectivity index (χ4v) is 4.91. The van der Waals surface area contributed by atoms with Crippen molar-refractivity contribution >= 4 is 23.8 Å². The van der Waals surface area contributed by atoms with Crippen molar-refractivity contribution in [2.75, 3.05) is 21.3 Å². The molecular formula is C28H28N2O8. The molecule has 2 atom stereocenters. The molecule has 10 heteroatoms. The van der Waals surface area contributed by atoms with Crippen molar-refractivity contribution in [2.24, 2.45) is 0 Å². The smallest absolute Gasteiger partial charge is 0.348 e. The highest BCUT2D eigenvalue weighted by atomic mass is 16.5. The molecule has 10 nitrogen and oxygen atoms in total. The van der Waals surface area contributed by atoms with Crippen molar-refractivity contribution in [3.63, 3.8) is 0 Å². The van der Waals surface area contributed by atoms with Gasteiger partial charge in [0, 0.05) is 18.7 Å². The topological polar surface area (TPSA) is 123 Å². The molecule has 2 aliphatic rings. The number of hydrogen-bond acceptors (Lipinski definition) is 9. The van der Waals surface area contributed by atoms with Crippen LogP contribution in [-0.2, 0) is 39.9 Å². The molecule has 0 unspecified atom stereocenters. The number of carbonyl (C=O) groups excluding carboxylic acids is 4. The maximum atomic E-state index is 14.1. The molecule has 2 aromatic rings. The molecule has 2 aliphatic heterocycles. The summed E-state index contributed by atoms with van der Waals surface area (Å²) in [5.74, 6) is -3.76. The minimum Gasteiger partial charge on any atom is -0.466 e. The van der Waals surface area contributed by atoms with E-state index in [0.29, 0.717) is 11.3 Å². The Morgan fingerprint density at radius 2 is 1.50 bits per heavy atom. The molecule has 0 bridgehead atoms. The van der Waals surface area contributed by atoms with Crippen LogP contribution in [0.1, 0.15) is 30.5 Å². The number of allylic oxidation sites excluding steroid dienone is 1. The molecule has 1 amide bonds. The van der Waals surface area contributed by atoms with Crippen molar-refractivity contribution in [1.29, 1.82) is 0 Å². The average molecular weight is 521 g/mol. The molecule has 0 saturated heterocycles. The molecular weight excluding hydrogens is 492 g/mol. The zero-order chi connectivity index (χ0) is 27.6. The first-order valence-corrected chi connectivity index (χ1v) is 11.8. The lowest BCUT2D eigenvalue weighted by atomic mass is 9.83. The standard InChI is InChI=1S/C28H28N2O8/c1-17-21(25(32)37-3)22(19-13-9-6-10-14-19)30-23(29(17)16-18-11-7-5-8-12-18)20(24(31)36-2)15-28(35,26(30)33)27(34)38-4/h5-14,22,35H,15-16H2,1-4H3/t22-,28+/m0/s1. The van der Waals surface area contributed by atoms with Crippen LogP contribution in [0.5, 0.6) is 0 Å². The van der Waals surface area contributed by atoms with Gasteiger partial charge in [-0.2, -0.15) is 0 Å². The number of methoxy groups -OCH3 is 3. The monoisotopic (exact) mass is 520 g/mol. The quantitative estimate of drug-likeness (QED) is 0.347. The van der Waals surface area contributed by atoms with Crippen LogP contribution >= 0.6 is 0 Å². The molecule has 1 N–H and O–H groups in total. The summed E-state index contributed by atoms with van der Waals surface area (Å²) in [6.45, 7) is 1.85. The van der Waals surface area contributed by atoms with E-state index < -0.39 is 41.9 Å². The highest BCUT2D eigenvalue weighted by Crippen LogP contribution is 2.48. The summed E-state index contributed by atoms with van der Waals surface area (Å²) in [6.07, 6.45) is -0.676. The number of benzene rings is 2. The molecule has 0 fully saturated rings. The Hall–Kier alpha value is -4.44. The lowest BCUT2D eigenvalue weighted by Crippen LogP contribution is -2.62. The van der Waals surface area contributed by atoms with Crippen LogP contribution in [0.4, 0.5) is 0 Å². The predicted octanol–water partition coefficient (Wildman–Crippen LogP) is 2.21. The molecule has 198 valence electrons. The Morgan fingerprint density at radius 1 is 0.921 bits per heavy atom. The zero-order valence-corrected chi connectivity index (χ0v) is 21.5. The second kappa shape index (κ2) is 10.5. The number of amides is 1. The molecule has 2 aromatic carbocycles. The van der Waals surface area contributed by atoms with E-state index in [1.54, 1.807) is 42.2 Å². The minimum atomic E-state index is -2.74. The summed E-state index contributed by atoms with van der Waals surface area (Å²) in [5, 5.41) is 11.4. The van der Waals surface area contributed by atoms with Crippen LogP contribution in [0, 0.1) is 0 Å². The first kappa shape index (κ1) is 26.6. The van der Waals surface area contributed by atoms with Crippen LogP contribution in [0.25, 0.3) is 0 Å². The number of esters is 3. The molecule has 38 heavy (non-hydrogen) atoms. The van der Waals surface area contributed by atoms with Gasteiger partial charge in [-0.3, -0.25) is 9.69 Å². The Kier molecular flexibility index (Phi) is 7.36. The van der Waals surface area contributed by atoms with E-state index in [0.717, 1.165) is 24.7 Å². The van der Waals surface area contributed by atoms with Gasteiger partial charge in [-0.15, -0.1) is 0 Å². The first-order valence-electron chi connectivity index (χ1n) is 11.8. The van der Waals surface area contributed by atoms with Gasteiger partial charge in [0.15, 0.2) is 0 Å². The maximum absolute atomic E-state index is 14.1. The van der Waals surface area contributed by atoms with Crippen LogP contribution in [0.15, 0.2) is 83.3 Å². The van der Waals surface area contributed by atoms with E-state index in [2.05, 4.69) is 0 Å². The normalized spacial score (nSPS) is 21.2. The van der Waals surface area contributed by atoms with Crippen molar-refractivity contribution in [3.05, 3.63) is 94.5 Å². The van der Waals surface area contributed by atoms with Gasteiger partial charge in [0.05, 0.1) is 38.5 Å². The van der Waals surface area contributed by atoms with Gasteiger partial charge in [-0.05, 0) is 18.1 Å². The Bertz CT molecular complexity index is 1340. The number of aliphatic hydroxyl groups is 1. The number of carbonyl (C=O) groups is 4. The summed E-state index contributed by atoms with van der Waals surface area (Å²) < 4.78 is 14.9. The van der Waals surface area contributed by atoms with Gasteiger partial charge in [0.2, 0.25) is 5.60 Å². The lowest BCUT2D eigenvalue weighted by Gasteiger charge is -2.50. The van der Waals surface area contributed by atoms with Crippen LogP contribution in [0.2, 0.25) is 0 Å². The SMILES string of the molecule is COC(=O)C1=C2N(Cc3ccccc3)C(C)=C(C(=O)OC)[C@H](c3ccccc3)N2C(=O)[C@@](O)(C(=O)OC)C1. The van der Waals surface area contributed by atoms with Crippen molar-refractivity contribution in [1.82, 2.24) is 9.80 Å². The number of fused-ring (bicyclic) bond motifs is 1. The van der Waals surface area contributed by atoms with E-state index in [-0.39, 0.29) is 23.5 Å². The summed E-state index contributed by atoms with van der Waals surface area (Å²) >= 11 is 0. The Balaban J connectivity index is 2.10. The molecule has 0 aromatic heterocycles. The number of ether oxygens (including phenoxy) is 3. The summed E-state index contributed by atoms with van der Waals surface area (Å²) in [7, 11) is 3.41. The highest BCUT2D eigenvalue weighted by Gasteiger charge is 2.59. The second-order valence-corrected chi connectivity index (χ2v) is 8.87. The van der Waals surface area contributed by atoms with Crippen molar-refractivity contribution < 1.29 is 38.5 Å². The van der Waals surface area contributed by atoms with Gasteiger partial charge in [-0.1, -0.05) is 60.7 Å². The highest BCUT2D eigenvalue weighted by molar-refractivity contribution is 6.11. The number of rotatable bonds is 6. The zero-order valence-electron chi connectivity index (χ0n) is 21.5. The van der Waals surface area contributed by atoms with Crippen molar-refractivity contribution in [2.45, 2.75) is 31.5 Å². The van der Waals surface area contributed by atoms with Gasteiger partial charge in [0.25, 0.3) is 5.91 Å². The van der Waals surface area contributed by atoms with Crippen LogP contribution in [0.3, 0.4) is 0 Å². The average Bonchev–Trinajstić information content (AvgIpc) is 2.95. The van der Waals surface area contributed by atoms with Crippen LogP contribution < -0.4 is 0 Å². The van der Waals surface area contributed by atoms with E-state index in [9.17, 15) is 24.3 Å². The van der Waals surface area contributed by atoms with Crippen LogP contribution in [-0.4, -0.2) is 65.7 Å². The third-order valence-corrected chi connectivity index (χ3v) is 6.74. The Labute approximate surface area is 219 Å². The second-order valence-electron chi connectivity index (χ2n) is 8.87. The fourth-order valence-electron chi connectivity index (χ4n) is 4.91. The van der Waals surface area contributed by atoms with Crippen molar-refractivity contribution in [3.8, 4) is 0 Å². The first-order chi connectivity index (χ1) is 18.2. The van der Waals surface area contributed by atoms with E-state index in [1.807, 2.05) is 30.3 Å². The summed E-state index contributed by atoms with van der Waals surface area (Å²) in [5.41, 5.74) is -1.02. The fraction of sp³-hybridized carbons (Fsp3) is 0.286. The molecule has 0 saturated carbocycles. The van der Waals surface area contributed by atoms with Gasteiger partial charge in [0.1, 0.15) is 5.82 Å². The molecule has 0 aliphatic carbocycles. The summed E-state index contributed by atoms with van der Waals surface area (Å²) in [4.78, 5) is 56.0. The predicted molar refractivity (Wildman–Crippen MR) is 133 cm³/mol. The Morgan fingerprint density at radius 3 is 2.05 bits per heavy atom. The third-order valence-electron chi connectivity index (χ3n) is 6.74. The molecule has 2 heterocycles. The maximum Gasteiger partial charge on any atom is 0.348 e. The van der Waals surface area contributed by atoms with Gasteiger partial charge < -0.3 is 24.2 Å². The number of nitrogens with zero attached hydrogens (tertiary/aromatic N) is 2. The molecule has 4 rings (SSSR count). The minimum absolute atomic E-state index is 0.0956.